The monoisotopic (exact) mass is 539 g/mol. The number of aromatic nitrogens is 1. The van der Waals surface area contributed by atoms with Gasteiger partial charge < -0.3 is 14.8 Å². The summed E-state index contributed by atoms with van der Waals surface area (Å²) in [6, 6.07) is 25.3. The van der Waals surface area contributed by atoms with E-state index < -0.39 is 0 Å². The number of piperidine rings is 1. The van der Waals surface area contributed by atoms with Crippen LogP contribution in [-0.4, -0.2) is 29.2 Å². The summed E-state index contributed by atoms with van der Waals surface area (Å²) in [5, 5.41) is 3.90. The molecule has 0 spiro atoms. The van der Waals surface area contributed by atoms with Crippen LogP contribution >= 0.6 is 11.6 Å². The highest BCUT2D eigenvalue weighted by molar-refractivity contribution is 6.34. The Morgan fingerprint density at radius 2 is 1.44 bits per heavy atom. The van der Waals surface area contributed by atoms with Gasteiger partial charge in [0.25, 0.3) is 0 Å². The minimum atomic E-state index is 0.0139. The van der Waals surface area contributed by atoms with Crippen molar-refractivity contribution in [2.45, 2.75) is 32.6 Å². The lowest BCUT2D eigenvalue weighted by Gasteiger charge is -2.32. The fourth-order valence-corrected chi connectivity index (χ4v) is 5.36. The van der Waals surface area contributed by atoms with E-state index in [0.717, 1.165) is 47.2 Å². The number of Topliss-reactive ketones (excluding diaryl/α,β-unsaturated/α-hetero) is 2. The first-order chi connectivity index (χ1) is 18.9. The maximum atomic E-state index is 13.0. The number of rotatable bonds is 9. The molecule has 1 saturated heterocycles. The second kappa shape index (κ2) is 11.9. The molecule has 0 saturated carbocycles. The number of anilines is 3. The van der Waals surface area contributed by atoms with Crippen LogP contribution in [-0.2, 0) is 19.9 Å². The molecular formula is C33H34ClN3O2. The molecule has 1 aromatic heterocycles. The van der Waals surface area contributed by atoms with E-state index in [2.05, 4.69) is 17.1 Å². The van der Waals surface area contributed by atoms with Crippen molar-refractivity contribution >= 4 is 40.2 Å². The number of nitrogens with zero attached hydrogens (tertiary/aromatic N) is 2. The number of carbonyl (C=O) groups excluding carboxylic acids is 2. The Bertz CT molecular complexity index is 1450. The SMILES string of the molecule is CC1CCN(c2ccc(C(=O)Cc3ccc(Nc4ccc(CC(=O)c5cccn5C)cc4)cc3)c(Cl)c2)CC1. The van der Waals surface area contributed by atoms with Crippen LogP contribution in [0.2, 0.25) is 5.02 Å². The van der Waals surface area contributed by atoms with Crippen LogP contribution in [0.3, 0.4) is 0 Å². The van der Waals surface area contributed by atoms with Crippen molar-refractivity contribution in [1.82, 2.24) is 4.57 Å². The summed E-state index contributed by atoms with van der Waals surface area (Å²) in [5.41, 5.74) is 6.14. The molecule has 5 rings (SSSR count). The Balaban J connectivity index is 1.16. The highest BCUT2D eigenvalue weighted by Crippen LogP contribution is 2.28. The molecule has 6 heteroatoms. The van der Waals surface area contributed by atoms with Gasteiger partial charge in [-0.25, -0.2) is 0 Å². The number of benzene rings is 3. The summed E-state index contributed by atoms with van der Waals surface area (Å²) < 4.78 is 1.84. The number of hydrogen-bond donors (Lipinski definition) is 1. The number of carbonyl (C=O) groups is 2. The average Bonchev–Trinajstić information content (AvgIpc) is 3.37. The molecule has 0 amide bonds. The van der Waals surface area contributed by atoms with Crippen LogP contribution in [0.15, 0.2) is 85.1 Å². The summed E-state index contributed by atoms with van der Waals surface area (Å²) >= 11 is 6.55. The predicted molar refractivity (Wildman–Crippen MR) is 160 cm³/mol. The number of hydrogen-bond acceptors (Lipinski definition) is 4. The maximum absolute atomic E-state index is 13.0. The Kier molecular flexibility index (Phi) is 8.18. The summed E-state index contributed by atoms with van der Waals surface area (Å²) in [6.45, 7) is 4.36. The minimum Gasteiger partial charge on any atom is -0.371 e. The fraction of sp³-hybridized carbons (Fsp3) is 0.273. The second-order valence-corrected chi connectivity index (χ2v) is 11.0. The molecule has 0 atom stereocenters. The van der Waals surface area contributed by atoms with Gasteiger partial charge in [-0.2, -0.15) is 0 Å². The summed E-state index contributed by atoms with van der Waals surface area (Å²) in [6.07, 6.45) is 4.91. The van der Waals surface area contributed by atoms with Crippen LogP contribution in [0.4, 0.5) is 17.1 Å². The number of nitrogens with one attached hydrogen (secondary N) is 1. The van der Waals surface area contributed by atoms with Gasteiger partial charge in [0.1, 0.15) is 0 Å². The van der Waals surface area contributed by atoms with Gasteiger partial charge in [0, 0.05) is 61.8 Å². The molecule has 3 aromatic carbocycles. The van der Waals surface area contributed by atoms with E-state index in [1.807, 2.05) is 96.7 Å². The van der Waals surface area contributed by atoms with E-state index in [4.69, 9.17) is 11.6 Å². The lowest BCUT2D eigenvalue weighted by Crippen LogP contribution is -2.32. The molecule has 4 aromatic rings. The standard InChI is InChI=1S/C33H34ClN3O2/c1-23-15-18-37(19-16-23)28-13-14-29(30(34)22-28)32(38)20-24-5-9-26(10-6-24)35-27-11-7-25(8-12-27)21-33(39)31-4-3-17-36(31)2/h3-14,17,22-23,35H,15-16,18-21H2,1-2H3. The quantitative estimate of drug-likeness (QED) is 0.224. The van der Waals surface area contributed by atoms with Gasteiger partial charge in [-0.05, 0) is 84.5 Å². The lowest BCUT2D eigenvalue weighted by molar-refractivity contribution is 0.0980. The topological polar surface area (TPSA) is 54.3 Å². The normalized spacial score (nSPS) is 13.9. The lowest BCUT2D eigenvalue weighted by atomic mass is 9.98. The van der Waals surface area contributed by atoms with Crippen molar-refractivity contribution in [1.29, 1.82) is 0 Å². The van der Waals surface area contributed by atoms with Crippen LogP contribution in [0.5, 0.6) is 0 Å². The Hall–Kier alpha value is -3.83. The van der Waals surface area contributed by atoms with Crippen molar-refractivity contribution in [2.24, 2.45) is 13.0 Å². The van der Waals surface area contributed by atoms with E-state index in [-0.39, 0.29) is 11.6 Å². The van der Waals surface area contributed by atoms with Crippen molar-refractivity contribution in [3.63, 3.8) is 0 Å². The average molecular weight is 540 g/mol. The van der Waals surface area contributed by atoms with Gasteiger partial charge in [-0.3, -0.25) is 9.59 Å². The van der Waals surface area contributed by atoms with Gasteiger partial charge in [0.05, 0.1) is 10.7 Å². The Labute approximate surface area is 235 Å². The largest absolute Gasteiger partial charge is 0.371 e. The smallest absolute Gasteiger partial charge is 0.183 e. The molecule has 200 valence electrons. The summed E-state index contributed by atoms with van der Waals surface area (Å²) in [7, 11) is 1.88. The number of aryl methyl sites for hydroxylation is 1. The third-order valence-corrected chi connectivity index (χ3v) is 7.87. The van der Waals surface area contributed by atoms with Crippen molar-refractivity contribution in [3.05, 3.63) is 112 Å². The van der Waals surface area contributed by atoms with Crippen molar-refractivity contribution in [3.8, 4) is 0 Å². The zero-order chi connectivity index (χ0) is 27.4. The molecule has 0 unspecified atom stereocenters. The van der Waals surface area contributed by atoms with E-state index in [1.54, 1.807) is 0 Å². The minimum absolute atomic E-state index is 0.0139. The van der Waals surface area contributed by atoms with Crippen LogP contribution in [0.25, 0.3) is 0 Å². The van der Waals surface area contributed by atoms with Crippen LogP contribution in [0, 0.1) is 5.92 Å². The summed E-state index contributed by atoms with van der Waals surface area (Å²) in [4.78, 5) is 27.9. The van der Waals surface area contributed by atoms with Crippen LogP contribution < -0.4 is 10.2 Å². The Morgan fingerprint density at radius 3 is 1.97 bits per heavy atom. The first-order valence-electron chi connectivity index (χ1n) is 13.5. The molecule has 1 aliphatic rings. The van der Waals surface area contributed by atoms with Gasteiger partial charge in [0.2, 0.25) is 0 Å². The van der Waals surface area contributed by atoms with Crippen LogP contribution in [0.1, 0.15) is 51.7 Å². The van der Waals surface area contributed by atoms with Gasteiger partial charge in [-0.15, -0.1) is 0 Å². The molecule has 1 fully saturated rings. The molecule has 0 aliphatic carbocycles. The summed E-state index contributed by atoms with van der Waals surface area (Å²) in [5.74, 6) is 0.879. The van der Waals surface area contributed by atoms with E-state index in [0.29, 0.717) is 29.1 Å². The van der Waals surface area contributed by atoms with Crippen molar-refractivity contribution in [2.75, 3.05) is 23.3 Å². The molecule has 0 radical (unpaired) electrons. The van der Waals surface area contributed by atoms with E-state index >= 15 is 0 Å². The third-order valence-electron chi connectivity index (χ3n) is 7.56. The van der Waals surface area contributed by atoms with Gasteiger partial charge in [-0.1, -0.05) is 42.8 Å². The maximum Gasteiger partial charge on any atom is 0.183 e. The molecule has 0 bridgehead atoms. The number of ketones is 2. The molecule has 1 aliphatic heterocycles. The highest BCUT2D eigenvalue weighted by Gasteiger charge is 2.18. The zero-order valence-electron chi connectivity index (χ0n) is 22.5. The molecular weight excluding hydrogens is 506 g/mol. The van der Waals surface area contributed by atoms with Gasteiger partial charge in [0.15, 0.2) is 11.6 Å². The Morgan fingerprint density at radius 1 is 0.846 bits per heavy atom. The molecule has 5 nitrogen and oxygen atoms in total. The fourth-order valence-electron chi connectivity index (χ4n) is 5.08. The molecule has 2 heterocycles. The number of halogens is 1. The predicted octanol–water partition coefficient (Wildman–Crippen LogP) is 7.51. The highest BCUT2D eigenvalue weighted by atomic mass is 35.5. The second-order valence-electron chi connectivity index (χ2n) is 10.6. The third kappa shape index (κ3) is 6.61. The van der Waals surface area contributed by atoms with Crippen molar-refractivity contribution < 1.29 is 9.59 Å². The molecule has 39 heavy (non-hydrogen) atoms. The molecule has 1 N–H and O–H groups in total. The zero-order valence-corrected chi connectivity index (χ0v) is 23.2. The van der Waals surface area contributed by atoms with E-state index in [1.165, 1.54) is 12.8 Å². The first kappa shape index (κ1) is 26.8. The van der Waals surface area contributed by atoms with E-state index in [9.17, 15) is 9.59 Å². The van der Waals surface area contributed by atoms with Gasteiger partial charge >= 0.3 is 0 Å². The first-order valence-corrected chi connectivity index (χ1v) is 13.9.